The number of ether oxygens (including phenoxy) is 2. The molecular formula is C23H39NO3. The van der Waals surface area contributed by atoms with Crippen LogP contribution in [0.5, 0.6) is 11.5 Å². The number of unbranched alkanes of at least 4 members (excludes halogenated alkanes) is 5. The molecule has 0 aliphatic carbocycles. The third kappa shape index (κ3) is 6.30. The van der Waals surface area contributed by atoms with Crippen molar-refractivity contribution in [1.82, 2.24) is 4.98 Å². The molecular weight excluding hydrogens is 338 g/mol. The van der Waals surface area contributed by atoms with E-state index in [1.165, 1.54) is 39.2 Å². The molecule has 0 amide bonds. The zero-order valence-electron chi connectivity index (χ0n) is 17.3. The number of pyridine rings is 1. The number of methoxy groups -OCH3 is 2. The first-order valence-electron chi connectivity index (χ1n) is 9.90. The second-order valence-corrected chi connectivity index (χ2v) is 6.31. The van der Waals surface area contributed by atoms with Gasteiger partial charge in [0.25, 0.3) is 0 Å². The Morgan fingerprint density at radius 1 is 0.963 bits per heavy atom. The molecule has 1 aromatic carbocycles. The molecule has 1 heterocycles. The maximum Gasteiger partial charge on any atom is 0.231 e. The molecule has 154 valence electrons. The van der Waals surface area contributed by atoms with E-state index in [9.17, 15) is 4.79 Å². The number of rotatable bonds is 9. The van der Waals surface area contributed by atoms with Crippen LogP contribution in [-0.4, -0.2) is 19.2 Å². The van der Waals surface area contributed by atoms with Crippen LogP contribution in [0.1, 0.15) is 78.0 Å². The number of hydrogen-bond acceptors (Lipinski definition) is 3. The fourth-order valence-electron chi connectivity index (χ4n) is 3.26. The van der Waals surface area contributed by atoms with Crippen LogP contribution >= 0.6 is 0 Å². The molecule has 0 unspecified atom stereocenters. The Morgan fingerprint density at radius 3 is 2.19 bits per heavy atom. The van der Waals surface area contributed by atoms with Crippen LogP contribution < -0.4 is 14.9 Å². The minimum Gasteiger partial charge on any atom is -0.495 e. The number of aromatic amines is 1. The predicted molar refractivity (Wildman–Crippen MR) is 118 cm³/mol. The Morgan fingerprint density at radius 2 is 1.59 bits per heavy atom. The van der Waals surface area contributed by atoms with Gasteiger partial charge in [0.15, 0.2) is 5.75 Å². The molecule has 0 saturated carbocycles. The molecule has 1 aromatic heterocycles. The number of H-pyrrole nitrogens is 1. The molecule has 0 fully saturated rings. The summed E-state index contributed by atoms with van der Waals surface area (Å²) in [4.78, 5) is 16.1. The van der Waals surface area contributed by atoms with Crippen molar-refractivity contribution in [2.75, 3.05) is 14.2 Å². The lowest BCUT2D eigenvalue weighted by Gasteiger charge is -2.13. The molecule has 2 aromatic rings. The van der Waals surface area contributed by atoms with Crippen LogP contribution in [0.2, 0.25) is 0 Å². The number of aromatic nitrogens is 1. The first-order chi connectivity index (χ1) is 12.6. The van der Waals surface area contributed by atoms with Gasteiger partial charge in [0, 0.05) is 0 Å². The SMILES string of the molecule is C.CC.CCCCCCCCc1ccc(OC)c2[nH]c(C)c(OC)c(=O)c12. The molecule has 0 aliphatic rings. The summed E-state index contributed by atoms with van der Waals surface area (Å²) >= 11 is 0. The highest BCUT2D eigenvalue weighted by Gasteiger charge is 2.16. The second kappa shape index (κ2) is 13.2. The molecule has 0 bridgehead atoms. The van der Waals surface area contributed by atoms with Crippen molar-refractivity contribution in [3.05, 3.63) is 33.6 Å². The lowest BCUT2D eigenvalue weighted by Crippen LogP contribution is -2.12. The van der Waals surface area contributed by atoms with Crippen LogP contribution in [0.3, 0.4) is 0 Å². The van der Waals surface area contributed by atoms with E-state index in [1.807, 2.05) is 32.9 Å². The summed E-state index contributed by atoms with van der Waals surface area (Å²) in [5, 5.41) is 0.699. The number of hydrogen-bond donors (Lipinski definition) is 1. The Labute approximate surface area is 165 Å². The van der Waals surface area contributed by atoms with Crippen LogP contribution in [-0.2, 0) is 6.42 Å². The highest BCUT2D eigenvalue weighted by molar-refractivity contribution is 5.88. The van der Waals surface area contributed by atoms with E-state index < -0.39 is 0 Å². The molecule has 0 saturated heterocycles. The molecule has 27 heavy (non-hydrogen) atoms. The van der Waals surface area contributed by atoms with Gasteiger partial charge in [0.05, 0.1) is 30.8 Å². The van der Waals surface area contributed by atoms with Gasteiger partial charge in [-0.15, -0.1) is 0 Å². The number of benzene rings is 1. The molecule has 1 N–H and O–H groups in total. The van der Waals surface area contributed by atoms with E-state index in [0.29, 0.717) is 16.9 Å². The van der Waals surface area contributed by atoms with Gasteiger partial charge >= 0.3 is 0 Å². The Balaban J connectivity index is 0.00000218. The first kappa shape index (κ1) is 25.0. The van der Waals surface area contributed by atoms with Crippen LogP contribution in [0.25, 0.3) is 10.9 Å². The van der Waals surface area contributed by atoms with Crippen LogP contribution in [0, 0.1) is 6.92 Å². The largest absolute Gasteiger partial charge is 0.495 e. The van der Waals surface area contributed by atoms with Gasteiger partial charge in [-0.05, 0) is 31.4 Å². The van der Waals surface area contributed by atoms with Gasteiger partial charge in [0.1, 0.15) is 5.75 Å². The standard InChI is InChI=1S/C20H29NO3.C2H6.CH4/c1-5-6-7-8-9-10-11-15-12-13-16(23-3)18-17(15)19(22)20(24-4)14(2)21-18;1-2;/h12-13H,5-11H2,1-4H3,(H,21,22);1-2H3;1H4. The van der Waals surface area contributed by atoms with Crippen molar-refractivity contribution in [2.24, 2.45) is 0 Å². The van der Waals surface area contributed by atoms with Crippen molar-refractivity contribution in [3.8, 4) is 11.5 Å². The summed E-state index contributed by atoms with van der Waals surface area (Å²) in [6, 6.07) is 3.95. The zero-order chi connectivity index (χ0) is 19.5. The summed E-state index contributed by atoms with van der Waals surface area (Å²) in [7, 11) is 3.16. The minimum absolute atomic E-state index is 0. The molecule has 2 rings (SSSR count). The molecule has 0 spiro atoms. The molecule has 0 atom stereocenters. The predicted octanol–water partition coefficient (Wildman–Crippen LogP) is 6.42. The lowest BCUT2D eigenvalue weighted by atomic mass is 10.00. The monoisotopic (exact) mass is 377 g/mol. The fraction of sp³-hybridized carbons (Fsp3) is 0.609. The second-order valence-electron chi connectivity index (χ2n) is 6.31. The Kier molecular flexibility index (Phi) is 12.3. The van der Waals surface area contributed by atoms with Gasteiger partial charge in [0.2, 0.25) is 5.43 Å². The molecule has 0 aliphatic heterocycles. The third-order valence-electron chi connectivity index (χ3n) is 4.56. The highest BCUT2D eigenvalue weighted by atomic mass is 16.5. The molecule has 4 nitrogen and oxygen atoms in total. The van der Waals surface area contributed by atoms with Gasteiger partial charge in [-0.25, -0.2) is 0 Å². The first-order valence-corrected chi connectivity index (χ1v) is 9.90. The number of fused-ring (bicyclic) bond motifs is 1. The topological polar surface area (TPSA) is 51.3 Å². The van der Waals surface area contributed by atoms with E-state index in [0.717, 1.165) is 29.6 Å². The van der Waals surface area contributed by atoms with E-state index in [2.05, 4.69) is 11.9 Å². The third-order valence-corrected chi connectivity index (χ3v) is 4.56. The van der Waals surface area contributed by atoms with Gasteiger partial charge in [-0.3, -0.25) is 4.79 Å². The van der Waals surface area contributed by atoms with Crippen molar-refractivity contribution in [1.29, 1.82) is 0 Å². The molecule has 4 heteroatoms. The minimum atomic E-state index is -0.0522. The average Bonchev–Trinajstić information content (AvgIpc) is 2.66. The zero-order valence-corrected chi connectivity index (χ0v) is 17.3. The van der Waals surface area contributed by atoms with Crippen molar-refractivity contribution in [3.63, 3.8) is 0 Å². The number of nitrogens with one attached hydrogen (secondary N) is 1. The van der Waals surface area contributed by atoms with Crippen molar-refractivity contribution >= 4 is 10.9 Å². The highest BCUT2D eigenvalue weighted by Crippen LogP contribution is 2.28. The summed E-state index contributed by atoms with van der Waals surface area (Å²) in [6.45, 7) is 8.07. The van der Waals surface area contributed by atoms with Crippen molar-refractivity contribution < 1.29 is 9.47 Å². The lowest BCUT2D eigenvalue weighted by molar-refractivity contribution is 0.405. The fourth-order valence-corrected chi connectivity index (χ4v) is 3.26. The van der Waals surface area contributed by atoms with E-state index in [4.69, 9.17) is 9.47 Å². The van der Waals surface area contributed by atoms with Crippen molar-refractivity contribution in [2.45, 2.75) is 80.1 Å². The maximum absolute atomic E-state index is 12.8. The number of aryl methyl sites for hydroxylation is 2. The Hall–Kier alpha value is -1.97. The molecule has 0 radical (unpaired) electrons. The van der Waals surface area contributed by atoms with E-state index in [-0.39, 0.29) is 12.9 Å². The van der Waals surface area contributed by atoms with Crippen LogP contribution in [0.4, 0.5) is 0 Å². The van der Waals surface area contributed by atoms with Crippen LogP contribution in [0.15, 0.2) is 16.9 Å². The summed E-state index contributed by atoms with van der Waals surface area (Å²) < 4.78 is 10.7. The van der Waals surface area contributed by atoms with Gasteiger partial charge in [-0.2, -0.15) is 0 Å². The normalized spacial score (nSPS) is 10.0. The van der Waals surface area contributed by atoms with E-state index in [1.54, 1.807) is 7.11 Å². The smallest absolute Gasteiger partial charge is 0.231 e. The summed E-state index contributed by atoms with van der Waals surface area (Å²) in [6.07, 6.45) is 8.34. The van der Waals surface area contributed by atoms with E-state index >= 15 is 0 Å². The summed E-state index contributed by atoms with van der Waals surface area (Å²) in [5.41, 5.74) is 2.51. The maximum atomic E-state index is 12.8. The quantitative estimate of drug-likeness (QED) is 0.513. The Bertz CT molecular complexity index is 734. The van der Waals surface area contributed by atoms with Gasteiger partial charge in [-0.1, -0.05) is 66.4 Å². The van der Waals surface area contributed by atoms with Gasteiger partial charge < -0.3 is 14.5 Å². The average molecular weight is 378 g/mol. The summed E-state index contributed by atoms with van der Waals surface area (Å²) in [5.74, 6) is 1.08.